The van der Waals surface area contributed by atoms with Crippen LogP contribution in [0.1, 0.15) is 11.6 Å². The number of aromatic nitrogens is 3. The molecule has 0 saturated heterocycles. The third-order valence-electron chi connectivity index (χ3n) is 2.08. The van der Waals surface area contributed by atoms with Gasteiger partial charge in [-0.05, 0) is 24.3 Å². The fraction of sp³-hybridized carbons (Fsp3) is 0.182. The number of aromatic amines is 1. The summed E-state index contributed by atoms with van der Waals surface area (Å²) in [5.74, 6) is -0.242. The minimum Gasteiger partial charge on any atom is -0.486 e. The Bertz CT molecular complexity index is 539. The molecule has 1 aromatic carbocycles. The molecule has 1 heterocycles. The summed E-state index contributed by atoms with van der Waals surface area (Å²) in [5.41, 5.74) is 0. The van der Waals surface area contributed by atoms with E-state index in [0.717, 1.165) is 0 Å². The summed E-state index contributed by atoms with van der Waals surface area (Å²) >= 11 is 0. The Morgan fingerprint density at radius 3 is 2.78 bits per heavy atom. The fourth-order valence-corrected chi connectivity index (χ4v) is 1.30. The predicted molar refractivity (Wildman–Crippen MR) is 58.5 cm³/mol. The first kappa shape index (κ1) is 12.0. The molecule has 18 heavy (non-hydrogen) atoms. The number of ether oxygens (including phenoxy) is 1. The highest BCUT2D eigenvalue weighted by Gasteiger charge is 2.07. The lowest BCUT2D eigenvalue weighted by Gasteiger charge is -2.02. The smallest absolute Gasteiger partial charge is 0.311 e. The fourth-order valence-electron chi connectivity index (χ4n) is 1.30. The molecular weight excluding hydrogens is 241 g/mol. The molecule has 7 heteroatoms. The number of nitrogens with zero attached hydrogens (tertiary/aromatic N) is 2. The first-order valence-electron chi connectivity index (χ1n) is 5.14. The topological polar surface area (TPSA) is 88.1 Å². The van der Waals surface area contributed by atoms with Crippen LogP contribution in [-0.4, -0.2) is 26.3 Å². The second kappa shape index (κ2) is 5.26. The first-order valence-corrected chi connectivity index (χ1v) is 5.14. The Morgan fingerprint density at radius 2 is 2.11 bits per heavy atom. The summed E-state index contributed by atoms with van der Waals surface area (Å²) in [7, 11) is 0. The average molecular weight is 251 g/mol. The summed E-state index contributed by atoms with van der Waals surface area (Å²) < 4.78 is 18.0. The van der Waals surface area contributed by atoms with E-state index in [1.807, 2.05) is 0 Å². The number of carbonyl (C=O) groups is 1. The minimum absolute atomic E-state index is 0.109. The summed E-state index contributed by atoms with van der Waals surface area (Å²) in [6.07, 6.45) is -0.243. The van der Waals surface area contributed by atoms with Crippen molar-refractivity contribution in [3.63, 3.8) is 0 Å². The zero-order valence-corrected chi connectivity index (χ0v) is 9.26. The number of benzene rings is 1. The number of hydrogen-bond donors (Lipinski definition) is 2. The van der Waals surface area contributed by atoms with Gasteiger partial charge in [-0.2, -0.15) is 5.10 Å². The number of carboxylic acids is 1. The van der Waals surface area contributed by atoms with Crippen LogP contribution < -0.4 is 4.74 Å². The van der Waals surface area contributed by atoms with E-state index in [4.69, 9.17) is 9.84 Å². The van der Waals surface area contributed by atoms with E-state index in [1.165, 1.54) is 24.3 Å². The lowest BCUT2D eigenvalue weighted by molar-refractivity contribution is -0.136. The Hall–Kier alpha value is -2.44. The molecule has 0 amide bonds. The number of aliphatic carboxylic acids is 1. The Morgan fingerprint density at radius 1 is 1.39 bits per heavy atom. The Balaban J connectivity index is 1.92. The van der Waals surface area contributed by atoms with Crippen molar-refractivity contribution >= 4 is 5.97 Å². The van der Waals surface area contributed by atoms with E-state index < -0.39 is 5.97 Å². The third-order valence-corrected chi connectivity index (χ3v) is 2.08. The van der Waals surface area contributed by atoms with Crippen LogP contribution >= 0.6 is 0 Å². The second-order valence-corrected chi connectivity index (χ2v) is 3.51. The van der Waals surface area contributed by atoms with Crippen molar-refractivity contribution in [2.45, 2.75) is 13.0 Å². The maximum Gasteiger partial charge on any atom is 0.311 e. The highest BCUT2D eigenvalue weighted by atomic mass is 19.1. The van der Waals surface area contributed by atoms with E-state index in [2.05, 4.69) is 15.2 Å². The number of hydrogen-bond acceptors (Lipinski definition) is 4. The van der Waals surface area contributed by atoms with Crippen molar-refractivity contribution < 1.29 is 19.0 Å². The van der Waals surface area contributed by atoms with Crippen molar-refractivity contribution in [1.82, 2.24) is 15.2 Å². The van der Waals surface area contributed by atoms with E-state index in [1.54, 1.807) is 0 Å². The van der Waals surface area contributed by atoms with Crippen LogP contribution in [0.4, 0.5) is 4.39 Å². The molecule has 1 aromatic heterocycles. The standard InChI is InChI=1S/C11H10FN3O3/c12-7-1-3-8(4-2-7)18-6-10-13-9(14-15-10)5-11(16)17/h1-4H,5-6H2,(H,16,17)(H,13,14,15). The Labute approximate surface area is 101 Å². The molecule has 0 spiro atoms. The second-order valence-electron chi connectivity index (χ2n) is 3.51. The van der Waals surface area contributed by atoms with Crippen LogP contribution in [0.15, 0.2) is 24.3 Å². The molecule has 0 radical (unpaired) electrons. The zero-order valence-electron chi connectivity index (χ0n) is 9.26. The summed E-state index contributed by atoms with van der Waals surface area (Å²) in [6.45, 7) is 0.109. The van der Waals surface area contributed by atoms with E-state index in [0.29, 0.717) is 11.6 Å². The molecule has 2 rings (SSSR count). The molecule has 0 aliphatic carbocycles. The van der Waals surface area contributed by atoms with Gasteiger partial charge in [0.15, 0.2) is 11.6 Å². The van der Waals surface area contributed by atoms with E-state index in [9.17, 15) is 9.18 Å². The van der Waals surface area contributed by atoms with Crippen molar-refractivity contribution in [3.05, 3.63) is 41.7 Å². The molecule has 0 bridgehead atoms. The van der Waals surface area contributed by atoms with Gasteiger partial charge < -0.3 is 9.84 Å². The highest BCUT2D eigenvalue weighted by molar-refractivity contribution is 5.68. The number of halogens is 1. The van der Waals surface area contributed by atoms with Gasteiger partial charge in [0.25, 0.3) is 0 Å². The van der Waals surface area contributed by atoms with Crippen molar-refractivity contribution in [3.8, 4) is 5.75 Å². The molecule has 0 aliphatic heterocycles. The molecule has 0 fully saturated rings. The van der Waals surface area contributed by atoms with E-state index in [-0.39, 0.29) is 24.7 Å². The van der Waals surface area contributed by atoms with Crippen LogP contribution in [-0.2, 0) is 17.8 Å². The van der Waals surface area contributed by atoms with Crippen LogP contribution in [0.25, 0.3) is 0 Å². The maximum atomic E-state index is 12.6. The van der Waals surface area contributed by atoms with Gasteiger partial charge in [-0.25, -0.2) is 9.37 Å². The maximum absolute atomic E-state index is 12.6. The largest absolute Gasteiger partial charge is 0.486 e. The minimum atomic E-state index is -1.000. The SMILES string of the molecule is O=C(O)Cc1n[nH]c(COc2ccc(F)cc2)n1. The lowest BCUT2D eigenvalue weighted by Crippen LogP contribution is -2.02. The van der Waals surface area contributed by atoms with Crippen LogP contribution in [0.5, 0.6) is 5.75 Å². The molecule has 6 nitrogen and oxygen atoms in total. The van der Waals surface area contributed by atoms with Crippen LogP contribution in [0.2, 0.25) is 0 Å². The molecule has 94 valence electrons. The molecule has 0 aliphatic rings. The monoisotopic (exact) mass is 251 g/mol. The van der Waals surface area contributed by atoms with Crippen LogP contribution in [0.3, 0.4) is 0 Å². The van der Waals surface area contributed by atoms with Gasteiger partial charge in [0.05, 0.1) is 0 Å². The van der Waals surface area contributed by atoms with Gasteiger partial charge in [0, 0.05) is 0 Å². The average Bonchev–Trinajstić information content (AvgIpc) is 2.75. The number of rotatable bonds is 5. The molecular formula is C11H10FN3O3. The van der Waals surface area contributed by atoms with Gasteiger partial charge >= 0.3 is 5.97 Å². The van der Waals surface area contributed by atoms with Gasteiger partial charge in [-0.3, -0.25) is 9.89 Å². The summed E-state index contributed by atoms with van der Waals surface area (Å²) in [5, 5.41) is 14.8. The normalized spacial score (nSPS) is 10.3. The van der Waals surface area contributed by atoms with Crippen molar-refractivity contribution in [2.24, 2.45) is 0 Å². The molecule has 0 atom stereocenters. The summed E-state index contributed by atoms with van der Waals surface area (Å²) in [4.78, 5) is 14.4. The number of carboxylic acid groups (broad SMARTS) is 1. The Kier molecular flexibility index (Phi) is 3.52. The van der Waals surface area contributed by atoms with Crippen molar-refractivity contribution in [1.29, 1.82) is 0 Å². The molecule has 2 aromatic rings. The molecule has 0 unspecified atom stereocenters. The first-order chi connectivity index (χ1) is 8.63. The summed E-state index contributed by atoms with van der Waals surface area (Å²) in [6, 6.07) is 5.55. The number of nitrogens with one attached hydrogen (secondary N) is 1. The third kappa shape index (κ3) is 3.27. The zero-order chi connectivity index (χ0) is 13.0. The van der Waals surface area contributed by atoms with Crippen LogP contribution in [0, 0.1) is 5.82 Å². The van der Waals surface area contributed by atoms with Crippen molar-refractivity contribution in [2.75, 3.05) is 0 Å². The quantitative estimate of drug-likeness (QED) is 0.832. The molecule has 2 N–H and O–H groups in total. The lowest BCUT2D eigenvalue weighted by atomic mass is 10.3. The predicted octanol–water partition coefficient (Wildman–Crippen LogP) is 1.15. The highest BCUT2D eigenvalue weighted by Crippen LogP contribution is 2.12. The molecule has 0 saturated carbocycles. The number of H-pyrrole nitrogens is 1. The van der Waals surface area contributed by atoms with Gasteiger partial charge in [0.2, 0.25) is 0 Å². The van der Waals surface area contributed by atoms with E-state index >= 15 is 0 Å². The van der Waals surface area contributed by atoms with Gasteiger partial charge in [0.1, 0.15) is 24.6 Å². The van der Waals surface area contributed by atoms with Gasteiger partial charge in [-0.1, -0.05) is 0 Å². The van der Waals surface area contributed by atoms with Gasteiger partial charge in [-0.15, -0.1) is 0 Å².